The van der Waals surface area contributed by atoms with Crippen LogP contribution in [0, 0.1) is 17.8 Å². The van der Waals surface area contributed by atoms with E-state index in [0.29, 0.717) is 17.8 Å². The number of hydrogen-bond acceptors (Lipinski definition) is 3. The second kappa shape index (κ2) is 4.60. The minimum absolute atomic E-state index is 0.184. The maximum atomic E-state index is 10.2. The maximum Gasteiger partial charge on any atom is 0.0623 e. The zero-order valence-corrected chi connectivity index (χ0v) is 8.82. The smallest absolute Gasteiger partial charge is 0.0623 e. The van der Waals surface area contributed by atoms with Crippen LogP contribution in [-0.2, 0) is 9.47 Å². The number of aliphatic hydroxyl groups is 1. The third-order valence-electron chi connectivity index (χ3n) is 3.59. The van der Waals surface area contributed by atoms with Crippen molar-refractivity contribution in [3.05, 3.63) is 0 Å². The van der Waals surface area contributed by atoms with Crippen molar-refractivity contribution in [2.75, 3.05) is 26.4 Å². The summed E-state index contributed by atoms with van der Waals surface area (Å²) < 4.78 is 10.7. The van der Waals surface area contributed by atoms with E-state index in [1.54, 1.807) is 0 Å². The molecule has 3 nitrogen and oxygen atoms in total. The molecule has 2 fully saturated rings. The van der Waals surface area contributed by atoms with E-state index in [0.717, 1.165) is 39.3 Å². The Morgan fingerprint density at radius 1 is 1.14 bits per heavy atom. The van der Waals surface area contributed by atoms with E-state index in [1.807, 2.05) is 0 Å². The monoisotopic (exact) mass is 200 g/mol. The van der Waals surface area contributed by atoms with Crippen molar-refractivity contribution in [1.82, 2.24) is 0 Å². The molecule has 3 heteroatoms. The van der Waals surface area contributed by atoms with E-state index in [2.05, 4.69) is 6.92 Å². The molecule has 0 spiro atoms. The molecular weight excluding hydrogens is 180 g/mol. The molecule has 0 amide bonds. The molecule has 2 aliphatic rings. The second-order valence-electron chi connectivity index (χ2n) is 4.62. The zero-order valence-electron chi connectivity index (χ0n) is 8.82. The van der Waals surface area contributed by atoms with Crippen molar-refractivity contribution in [3.8, 4) is 0 Å². The lowest BCUT2D eigenvalue weighted by molar-refractivity contribution is -0.0512. The molecule has 0 aromatic rings. The van der Waals surface area contributed by atoms with Gasteiger partial charge in [0.15, 0.2) is 0 Å². The van der Waals surface area contributed by atoms with Crippen LogP contribution in [0.15, 0.2) is 0 Å². The fourth-order valence-electron chi connectivity index (χ4n) is 2.58. The Balaban J connectivity index is 1.91. The van der Waals surface area contributed by atoms with Crippen LogP contribution in [0.5, 0.6) is 0 Å². The van der Waals surface area contributed by atoms with Gasteiger partial charge in [-0.25, -0.2) is 0 Å². The summed E-state index contributed by atoms with van der Waals surface area (Å²) in [6.07, 6.45) is 1.83. The van der Waals surface area contributed by atoms with Gasteiger partial charge in [0.1, 0.15) is 0 Å². The molecule has 0 aromatic carbocycles. The highest BCUT2D eigenvalue weighted by molar-refractivity contribution is 4.83. The van der Waals surface area contributed by atoms with Gasteiger partial charge in [0.25, 0.3) is 0 Å². The summed E-state index contributed by atoms with van der Waals surface area (Å²) in [6, 6.07) is 0. The quantitative estimate of drug-likeness (QED) is 0.724. The Hall–Kier alpha value is -0.120. The van der Waals surface area contributed by atoms with Crippen molar-refractivity contribution in [1.29, 1.82) is 0 Å². The molecule has 2 rings (SSSR count). The third-order valence-corrected chi connectivity index (χ3v) is 3.59. The van der Waals surface area contributed by atoms with E-state index in [4.69, 9.17) is 9.47 Å². The summed E-state index contributed by atoms with van der Waals surface area (Å²) in [7, 11) is 0. The van der Waals surface area contributed by atoms with E-state index in [9.17, 15) is 5.11 Å². The predicted octanol–water partition coefficient (Wildman–Crippen LogP) is 1.06. The molecule has 0 bridgehead atoms. The van der Waals surface area contributed by atoms with Crippen LogP contribution in [0.4, 0.5) is 0 Å². The van der Waals surface area contributed by atoms with Crippen LogP contribution >= 0.6 is 0 Å². The minimum atomic E-state index is -0.184. The van der Waals surface area contributed by atoms with Gasteiger partial charge in [-0.1, -0.05) is 6.92 Å². The van der Waals surface area contributed by atoms with Crippen molar-refractivity contribution in [2.24, 2.45) is 17.8 Å². The number of hydrogen-bond donors (Lipinski definition) is 1. The van der Waals surface area contributed by atoms with Crippen LogP contribution in [0.25, 0.3) is 0 Å². The molecule has 0 aliphatic carbocycles. The van der Waals surface area contributed by atoms with Gasteiger partial charge in [0.2, 0.25) is 0 Å². The molecule has 82 valence electrons. The van der Waals surface area contributed by atoms with Crippen molar-refractivity contribution < 1.29 is 14.6 Å². The summed E-state index contributed by atoms with van der Waals surface area (Å²) in [6.45, 7) is 5.34. The Morgan fingerprint density at radius 2 is 1.86 bits per heavy atom. The first-order chi connectivity index (χ1) is 6.79. The second-order valence-corrected chi connectivity index (χ2v) is 4.62. The predicted molar refractivity (Wildman–Crippen MR) is 53.0 cm³/mol. The highest BCUT2D eigenvalue weighted by Gasteiger charge is 2.35. The van der Waals surface area contributed by atoms with Crippen LogP contribution in [0.1, 0.15) is 19.8 Å². The topological polar surface area (TPSA) is 38.7 Å². The highest BCUT2D eigenvalue weighted by Crippen LogP contribution is 2.31. The molecule has 4 unspecified atom stereocenters. The first kappa shape index (κ1) is 10.4. The Labute approximate surface area is 85.4 Å². The molecule has 0 saturated carbocycles. The molecule has 2 saturated heterocycles. The van der Waals surface area contributed by atoms with Gasteiger partial charge in [-0.2, -0.15) is 0 Å². The van der Waals surface area contributed by atoms with Crippen LogP contribution in [0.2, 0.25) is 0 Å². The molecule has 2 heterocycles. The van der Waals surface area contributed by atoms with Crippen molar-refractivity contribution in [3.63, 3.8) is 0 Å². The summed E-state index contributed by atoms with van der Waals surface area (Å²) in [4.78, 5) is 0. The largest absolute Gasteiger partial charge is 0.392 e. The standard InChI is InChI=1S/C11H20O3/c1-8-6-13-5-3-10(8)11(12)9-2-4-14-7-9/h8-12H,2-7H2,1H3. The maximum absolute atomic E-state index is 10.2. The normalized spacial score (nSPS) is 41.1. The number of aliphatic hydroxyl groups excluding tert-OH is 1. The molecule has 14 heavy (non-hydrogen) atoms. The molecule has 0 radical (unpaired) electrons. The van der Waals surface area contributed by atoms with Crippen LogP contribution in [0.3, 0.4) is 0 Å². The lowest BCUT2D eigenvalue weighted by Gasteiger charge is -2.34. The van der Waals surface area contributed by atoms with Gasteiger partial charge >= 0.3 is 0 Å². The van der Waals surface area contributed by atoms with E-state index in [-0.39, 0.29) is 6.10 Å². The Kier molecular flexibility index (Phi) is 3.42. The molecule has 2 aliphatic heterocycles. The first-order valence-corrected chi connectivity index (χ1v) is 5.62. The highest BCUT2D eigenvalue weighted by atomic mass is 16.5. The summed E-state index contributed by atoms with van der Waals surface area (Å²) in [5.41, 5.74) is 0. The van der Waals surface area contributed by atoms with Gasteiger partial charge in [0, 0.05) is 25.7 Å². The van der Waals surface area contributed by atoms with Gasteiger partial charge in [0.05, 0.1) is 12.7 Å². The van der Waals surface area contributed by atoms with Crippen LogP contribution in [-0.4, -0.2) is 37.6 Å². The zero-order chi connectivity index (χ0) is 9.97. The van der Waals surface area contributed by atoms with E-state index in [1.165, 1.54) is 0 Å². The van der Waals surface area contributed by atoms with Gasteiger partial charge in [-0.05, 0) is 24.7 Å². The Bertz CT molecular complexity index is 177. The first-order valence-electron chi connectivity index (χ1n) is 5.62. The fraction of sp³-hybridized carbons (Fsp3) is 1.00. The average molecular weight is 200 g/mol. The number of ether oxygens (including phenoxy) is 2. The molecular formula is C11H20O3. The summed E-state index contributed by atoms with van der Waals surface area (Å²) in [5, 5.41) is 10.2. The summed E-state index contributed by atoms with van der Waals surface area (Å²) in [5.74, 6) is 1.26. The molecule has 0 aromatic heterocycles. The molecule has 1 N–H and O–H groups in total. The van der Waals surface area contributed by atoms with Gasteiger partial charge < -0.3 is 14.6 Å². The third kappa shape index (κ3) is 2.10. The molecule has 4 atom stereocenters. The fourth-order valence-corrected chi connectivity index (χ4v) is 2.58. The summed E-state index contributed by atoms with van der Waals surface area (Å²) >= 11 is 0. The number of rotatable bonds is 2. The average Bonchev–Trinajstić information content (AvgIpc) is 2.70. The Morgan fingerprint density at radius 3 is 2.50 bits per heavy atom. The lowest BCUT2D eigenvalue weighted by Crippen LogP contribution is -2.38. The van der Waals surface area contributed by atoms with Gasteiger partial charge in [-0.15, -0.1) is 0 Å². The van der Waals surface area contributed by atoms with Crippen LogP contribution < -0.4 is 0 Å². The minimum Gasteiger partial charge on any atom is -0.392 e. The van der Waals surface area contributed by atoms with E-state index < -0.39 is 0 Å². The van der Waals surface area contributed by atoms with E-state index >= 15 is 0 Å². The SMILES string of the molecule is CC1COCCC1C(O)C1CCOC1. The lowest BCUT2D eigenvalue weighted by atomic mass is 9.79. The van der Waals surface area contributed by atoms with Gasteiger partial charge in [-0.3, -0.25) is 0 Å². The van der Waals surface area contributed by atoms with Crippen molar-refractivity contribution >= 4 is 0 Å². The van der Waals surface area contributed by atoms with Crippen molar-refractivity contribution in [2.45, 2.75) is 25.9 Å².